The predicted molar refractivity (Wildman–Crippen MR) is 152 cm³/mol. The van der Waals surface area contributed by atoms with Crippen molar-refractivity contribution < 1.29 is 38.0 Å². The molecule has 1 fully saturated rings. The van der Waals surface area contributed by atoms with E-state index in [0.29, 0.717) is 40.5 Å². The van der Waals surface area contributed by atoms with Gasteiger partial charge in [0, 0.05) is 17.7 Å². The first-order valence-corrected chi connectivity index (χ1v) is 13.5. The molecule has 41 heavy (non-hydrogen) atoms. The average Bonchev–Trinajstić information content (AvgIpc) is 3.43. The van der Waals surface area contributed by atoms with Crippen LogP contribution in [0.4, 0.5) is 0 Å². The summed E-state index contributed by atoms with van der Waals surface area (Å²) < 4.78 is 35.9. The maximum Gasteiger partial charge on any atom is 0.317 e. The Morgan fingerprint density at radius 3 is 2.24 bits per heavy atom. The van der Waals surface area contributed by atoms with Gasteiger partial charge in [-0.15, -0.1) is 0 Å². The Bertz CT molecular complexity index is 1450. The number of benzene rings is 3. The zero-order chi connectivity index (χ0) is 29.2. The minimum Gasteiger partial charge on any atom is -0.497 e. The van der Waals surface area contributed by atoms with Gasteiger partial charge in [0.05, 0.1) is 46.5 Å². The smallest absolute Gasteiger partial charge is 0.317 e. The van der Waals surface area contributed by atoms with Gasteiger partial charge in [-0.05, 0) is 31.0 Å². The molecule has 8 heteroatoms. The van der Waals surface area contributed by atoms with E-state index in [2.05, 4.69) is 0 Å². The number of hydrogen-bond donors (Lipinski definition) is 0. The highest BCUT2D eigenvalue weighted by molar-refractivity contribution is 6.10. The number of carbonyl (C=O) groups is 2. The number of esters is 1. The number of fused-ring (bicyclic) bond motifs is 3. The normalized spacial score (nSPS) is 24.5. The summed E-state index contributed by atoms with van der Waals surface area (Å²) in [6.07, 6.45) is 4.42. The highest BCUT2D eigenvalue weighted by Crippen LogP contribution is 2.70. The number of rotatable bonds is 10. The van der Waals surface area contributed by atoms with Crippen molar-refractivity contribution in [3.8, 4) is 23.0 Å². The van der Waals surface area contributed by atoms with E-state index in [4.69, 9.17) is 28.4 Å². The van der Waals surface area contributed by atoms with E-state index in [0.717, 1.165) is 5.56 Å². The van der Waals surface area contributed by atoms with Gasteiger partial charge in [0.25, 0.3) is 0 Å². The summed E-state index contributed by atoms with van der Waals surface area (Å²) in [5.74, 6) is -1.33. The first-order valence-electron chi connectivity index (χ1n) is 13.5. The molecule has 214 valence electrons. The lowest BCUT2D eigenvalue weighted by Crippen LogP contribution is -2.52. The highest BCUT2D eigenvalue weighted by atomic mass is 16.6. The molecule has 0 unspecified atom stereocenters. The molecule has 2 aliphatic rings. The van der Waals surface area contributed by atoms with E-state index in [1.807, 2.05) is 61.5 Å². The molecule has 4 atom stereocenters. The third-order valence-corrected chi connectivity index (χ3v) is 8.01. The summed E-state index contributed by atoms with van der Waals surface area (Å²) in [5, 5.41) is 0. The van der Waals surface area contributed by atoms with Gasteiger partial charge in [0.2, 0.25) is 5.60 Å². The molecule has 0 bridgehead atoms. The SMILES string of the molecule is C/C=C\CCO[C@@]12C(=O)[C@H](C(=O)OC)[C@@H](c3ccccc3)[C@]1(c1ccc(OC)cc1)Oc1cc(OC)cc(OC)c12. The molecule has 1 aliphatic heterocycles. The third kappa shape index (κ3) is 4.16. The van der Waals surface area contributed by atoms with Gasteiger partial charge in [0.1, 0.15) is 28.9 Å². The van der Waals surface area contributed by atoms with Crippen LogP contribution in [0.5, 0.6) is 23.0 Å². The van der Waals surface area contributed by atoms with E-state index in [-0.39, 0.29) is 6.61 Å². The van der Waals surface area contributed by atoms with Gasteiger partial charge in [-0.25, -0.2) is 0 Å². The summed E-state index contributed by atoms with van der Waals surface area (Å²) in [7, 11) is 5.93. The summed E-state index contributed by atoms with van der Waals surface area (Å²) >= 11 is 0. The lowest BCUT2D eigenvalue weighted by atomic mass is 9.70. The van der Waals surface area contributed by atoms with Gasteiger partial charge in [0.15, 0.2) is 11.4 Å². The minimum absolute atomic E-state index is 0.182. The van der Waals surface area contributed by atoms with E-state index in [9.17, 15) is 4.79 Å². The van der Waals surface area contributed by atoms with E-state index < -0.39 is 34.8 Å². The maximum absolute atomic E-state index is 15.0. The standard InChI is InChI=1S/C33H34O8/c1-6-7-11-18-40-33-29-25(38-4)19-24(37-3)20-26(29)41-32(33,22-14-16-23(36-2)17-15-22)28(21-12-9-8-10-13-21)27(30(33)34)31(35)39-5/h6-10,12-17,19-20,27-28H,11,18H2,1-5H3/b7-6-/t27-,28-,32+,33+/m1/s1. The summed E-state index contributed by atoms with van der Waals surface area (Å²) in [6, 6.07) is 20.1. The molecule has 0 radical (unpaired) electrons. The first-order chi connectivity index (χ1) is 19.9. The Labute approximate surface area is 239 Å². The Kier molecular flexibility index (Phi) is 7.78. The van der Waals surface area contributed by atoms with Crippen molar-refractivity contribution in [3.05, 3.63) is 95.6 Å². The van der Waals surface area contributed by atoms with Crippen LogP contribution in [0, 0.1) is 5.92 Å². The van der Waals surface area contributed by atoms with Crippen molar-refractivity contribution in [2.24, 2.45) is 5.92 Å². The Balaban J connectivity index is 1.91. The second-order valence-electron chi connectivity index (χ2n) is 9.91. The molecule has 8 nitrogen and oxygen atoms in total. The Morgan fingerprint density at radius 2 is 1.63 bits per heavy atom. The van der Waals surface area contributed by atoms with Gasteiger partial charge >= 0.3 is 5.97 Å². The molecular formula is C33H34O8. The number of ketones is 1. The van der Waals surface area contributed by atoms with Crippen molar-refractivity contribution in [1.29, 1.82) is 0 Å². The fourth-order valence-electron chi connectivity index (χ4n) is 6.33. The number of allylic oxidation sites excluding steroid dienone is 1. The van der Waals surface area contributed by atoms with Crippen LogP contribution in [0.15, 0.2) is 78.9 Å². The zero-order valence-electron chi connectivity index (χ0n) is 23.8. The predicted octanol–water partition coefficient (Wildman–Crippen LogP) is 5.33. The average molecular weight is 559 g/mol. The topological polar surface area (TPSA) is 89.5 Å². The zero-order valence-corrected chi connectivity index (χ0v) is 23.8. The highest BCUT2D eigenvalue weighted by Gasteiger charge is 2.80. The monoisotopic (exact) mass is 558 g/mol. The number of methoxy groups -OCH3 is 4. The largest absolute Gasteiger partial charge is 0.497 e. The number of hydrogen-bond acceptors (Lipinski definition) is 8. The van der Waals surface area contributed by atoms with E-state index >= 15 is 4.79 Å². The van der Waals surface area contributed by atoms with Crippen LogP contribution in [-0.2, 0) is 30.3 Å². The van der Waals surface area contributed by atoms with Crippen molar-refractivity contribution in [2.45, 2.75) is 30.5 Å². The molecule has 1 heterocycles. The molecule has 5 rings (SSSR count). The molecule has 1 saturated carbocycles. The molecule has 3 aromatic carbocycles. The van der Waals surface area contributed by atoms with Crippen molar-refractivity contribution in [2.75, 3.05) is 35.0 Å². The second-order valence-corrected chi connectivity index (χ2v) is 9.91. The van der Waals surface area contributed by atoms with Crippen molar-refractivity contribution >= 4 is 11.8 Å². The van der Waals surface area contributed by atoms with Crippen LogP contribution < -0.4 is 18.9 Å². The molecule has 3 aromatic rings. The van der Waals surface area contributed by atoms with Crippen molar-refractivity contribution in [1.82, 2.24) is 0 Å². The number of Topliss-reactive ketones (excluding diaryl/α,β-unsaturated/α-hetero) is 1. The number of ether oxygens (including phenoxy) is 6. The first kappa shape index (κ1) is 28.2. The van der Waals surface area contributed by atoms with Crippen LogP contribution in [-0.4, -0.2) is 46.8 Å². The van der Waals surface area contributed by atoms with Crippen LogP contribution in [0.1, 0.15) is 36.0 Å². The lowest BCUT2D eigenvalue weighted by molar-refractivity contribution is -0.168. The second kappa shape index (κ2) is 11.3. The maximum atomic E-state index is 15.0. The van der Waals surface area contributed by atoms with E-state index in [1.54, 1.807) is 38.5 Å². The summed E-state index contributed by atoms with van der Waals surface area (Å²) in [4.78, 5) is 28.6. The number of carbonyl (C=O) groups excluding carboxylic acids is 2. The summed E-state index contributed by atoms with van der Waals surface area (Å²) in [5.41, 5.74) is -1.52. The van der Waals surface area contributed by atoms with Crippen LogP contribution in [0.3, 0.4) is 0 Å². The van der Waals surface area contributed by atoms with Crippen molar-refractivity contribution in [3.63, 3.8) is 0 Å². The minimum atomic E-state index is -1.77. The lowest BCUT2D eigenvalue weighted by Gasteiger charge is -2.42. The quantitative estimate of drug-likeness (QED) is 0.143. The van der Waals surface area contributed by atoms with Crippen LogP contribution >= 0.6 is 0 Å². The van der Waals surface area contributed by atoms with Crippen LogP contribution in [0.2, 0.25) is 0 Å². The summed E-state index contributed by atoms with van der Waals surface area (Å²) in [6.45, 7) is 2.10. The third-order valence-electron chi connectivity index (χ3n) is 8.01. The van der Waals surface area contributed by atoms with Gasteiger partial charge in [-0.2, -0.15) is 0 Å². The Morgan fingerprint density at radius 1 is 0.927 bits per heavy atom. The molecule has 0 amide bonds. The van der Waals surface area contributed by atoms with Gasteiger partial charge in [-0.1, -0.05) is 54.6 Å². The molecule has 0 spiro atoms. The van der Waals surface area contributed by atoms with E-state index in [1.165, 1.54) is 14.2 Å². The van der Waals surface area contributed by atoms with Gasteiger partial charge in [-0.3, -0.25) is 9.59 Å². The van der Waals surface area contributed by atoms with Gasteiger partial charge < -0.3 is 28.4 Å². The molecular weight excluding hydrogens is 524 g/mol. The Hall–Kier alpha value is -4.30. The fourth-order valence-corrected chi connectivity index (χ4v) is 6.33. The molecule has 0 saturated heterocycles. The molecule has 0 N–H and O–H groups in total. The molecule has 0 aromatic heterocycles. The molecule has 1 aliphatic carbocycles. The van der Waals surface area contributed by atoms with Crippen LogP contribution in [0.25, 0.3) is 0 Å². The fraction of sp³-hybridized carbons (Fsp3) is 0.333.